The van der Waals surface area contributed by atoms with Gasteiger partial charge in [-0.05, 0) is 43.9 Å². The van der Waals surface area contributed by atoms with Gasteiger partial charge in [0.2, 0.25) is 5.91 Å². The number of amides is 1. The van der Waals surface area contributed by atoms with Gasteiger partial charge in [0.1, 0.15) is 0 Å². The molecule has 0 aliphatic carbocycles. The highest BCUT2D eigenvalue weighted by Gasteiger charge is 2.16. The number of nitrogens with zero attached hydrogens (tertiary/aromatic N) is 1. The van der Waals surface area contributed by atoms with E-state index in [1.165, 1.54) is 19.3 Å². The van der Waals surface area contributed by atoms with Crippen molar-refractivity contribution in [3.05, 3.63) is 0 Å². The standard InChI is InChI=1S/C20H41NO2/c1-15(2)14-23-19(7)18(6)12-11-17(5)10-9-13-21(8)20(22)16(3)4/h15-19H,9-14H2,1-8H3. The van der Waals surface area contributed by atoms with Gasteiger partial charge < -0.3 is 9.64 Å². The zero-order valence-corrected chi connectivity index (χ0v) is 16.9. The normalized spacial score (nSPS) is 15.7. The summed E-state index contributed by atoms with van der Waals surface area (Å²) in [7, 11) is 1.92. The molecule has 0 aromatic carbocycles. The summed E-state index contributed by atoms with van der Waals surface area (Å²) in [4.78, 5) is 13.7. The number of rotatable bonds is 12. The number of carbonyl (C=O) groups excluding carboxylic acids is 1. The molecule has 0 heterocycles. The Kier molecular flexibility index (Phi) is 11.6. The topological polar surface area (TPSA) is 29.5 Å². The van der Waals surface area contributed by atoms with Crippen LogP contribution in [0.5, 0.6) is 0 Å². The first kappa shape index (κ1) is 22.4. The zero-order chi connectivity index (χ0) is 18.0. The quantitative estimate of drug-likeness (QED) is 0.505. The second kappa shape index (κ2) is 11.9. The second-order valence-corrected chi connectivity index (χ2v) is 8.15. The van der Waals surface area contributed by atoms with E-state index in [0.29, 0.717) is 17.9 Å². The molecule has 0 aromatic rings. The first-order valence-electron chi connectivity index (χ1n) is 9.51. The SMILES string of the molecule is CC(C)COC(C)C(C)CCC(C)CCCN(C)C(=O)C(C)C. The lowest BCUT2D eigenvalue weighted by molar-refractivity contribution is -0.133. The van der Waals surface area contributed by atoms with Gasteiger partial charge in [0, 0.05) is 26.1 Å². The number of hydrogen-bond acceptors (Lipinski definition) is 2. The van der Waals surface area contributed by atoms with Crippen LogP contribution in [0.15, 0.2) is 0 Å². The van der Waals surface area contributed by atoms with E-state index in [2.05, 4.69) is 34.6 Å². The largest absolute Gasteiger partial charge is 0.378 e. The first-order valence-corrected chi connectivity index (χ1v) is 9.51. The predicted molar refractivity (Wildman–Crippen MR) is 99.5 cm³/mol. The van der Waals surface area contributed by atoms with Crippen LogP contribution >= 0.6 is 0 Å². The predicted octanol–water partition coefficient (Wildman–Crippen LogP) is 4.99. The van der Waals surface area contributed by atoms with Gasteiger partial charge in [-0.1, -0.05) is 48.0 Å². The Morgan fingerprint density at radius 1 is 0.957 bits per heavy atom. The van der Waals surface area contributed by atoms with E-state index >= 15 is 0 Å². The van der Waals surface area contributed by atoms with Gasteiger partial charge in [0.05, 0.1) is 6.10 Å². The van der Waals surface area contributed by atoms with Crippen molar-refractivity contribution < 1.29 is 9.53 Å². The van der Waals surface area contributed by atoms with Gasteiger partial charge >= 0.3 is 0 Å². The Bertz CT molecular complexity index is 315. The molecule has 0 radical (unpaired) electrons. The van der Waals surface area contributed by atoms with Gasteiger partial charge in [-0.2, -0.15) is 0 Å². The summed E-state index contributed by atoms with van der Waals surface area (Å²) < 4.78 is 5.91. The zero-order valence-electron chi connectivity index (χ0n) is 16.9. The van der Waals surface area contributed by atoms with Gasteiger partial charge in [-0.25, -0.2) is 0 Å². The minimum atomic E-state index is 0.102. The molecule has 0 fully saturated rings. The van der Waals surface area contributed by atoms with Gasteiger partial charge in [-0.15, -0.1) is 0 Å². The molecular weight excluding hydrogens is 286 g/mol. The highest BCUT2D eigenvalue weighted by Crippen LogP contribution is 2.21. The summed E-state index contributed by atoms with van der Waals surface area (Å²) in [5.41, 5.74) is 0. The van der Waals surface area contributed by atoms with Crippen LogP contribution in [0.4, 0.5) is 0 Å². The van der Waals surface area contributed by atoms with Crippen molar-refractivity contribution in [2.24, 2.45) is 23.7 Å². The van der Waals surface area contributed by atoms with Gasteiger partial charge in [0.25, 0.3) is 0 Å². The van der Waals surface area contributed by atoms with Crippen LogP contribution in [-0.2, 0) is 9.53 Å². The van der Waals surface area contributed by atoms with E-state index in [9.17, 15) is 4.79 Å². The van der Waals surface area contributed by atoms with E-state index in [-0.39, 0.29) is 11.8 Å². The second-order valence-electron chi connectivity index (χ2n) is 8.15. The molecule has 1 amide bonds. The van der Waals surface area contributed by atoms with Crippen molar-refractivity contribution in [2.75, 3.05) is 20.2 Å². The first-order chi connectivity index (χ1) is 10.6. The Morgan fingerprint density at radius 2 is 1.57 bits per heavy atom. The molecule has 3 heteroatoms. The van der Waals surface area contributed by atoms with E-state index in [0.717, 1.165) is 25.5 Å². The molecule has 0 rings (SSSR count). The van der Waals surface area contributed by atoms with Crippen molar-refractivity contribution in [3.8, 4) is 0 Å². The van der Waals surface area contributed by atoms with Crippen LogP contribution < -0.4 is 0 Å². The van der Waals surface area contributed by atoms with Crippen molar-refractivity contribution in [1.29, 1.82) is 0 Å². The van der Waals surface area contributed by atoms with Crippen LogP contribution in [0.25, 0.3) is 0 Å². The highest BCUT2D eigenvalue weighted by atomic mass is 16.5. The number of hydrogen-bond donors (Lipinski definition) is 0. The van der Waals surface area contributed by atoms with Crippen molar-refractivity contribution in [1.82, 2.24) is 4.90 Å². The summed E-state index contributed by atoms with van der Waals surface area (Å²) in [6.45, 7) is 16.9. The van der Waals surface area contributed by atoms with E-state index in [1.807, 2.05) is 25.8 Å². The van der Waals surface area contributed by atoms with Gasteiger partial charge in [-0.3, -0.25) is 4.79 Å². The third kappa shape index (κ3) is 10.8. The minimum absolute atomic E-state index is 0.102. The maximum absolute atomic E-state index is 11.8. The van der Waals surface area contributed by atoms with Crippen molar-refractivity contribution in [2.45, 2.75) is 80.3 Å². The molecule has 3 atom stereocenters. The lowest BCUT2D eigenvalue weighted by Crippen LogP contribution is -2.31. The Labute approximate surface area is 145 Å². The third-order valence-corrected chi connectivity index (χ3v) is 4.67. The summed E-state index contributed by atoms with van der Waals surface area (Å²) in [6, 6.07) is 0. The van der Waals surface area contributed by atoms with Crippen LogP contribution in [-0.4, -0.2) is 37.1 Å². The molecule has 0 saturated carbocycles. The average molecular weight is 328 g/mol. The number of ether oxygens (including phenoxy) is 1. The average Bonchev–Trinajstić information content (AvgIpc) is 2.48. The maximum Gasteiger partial charge on any atom is 0.224 e. The summed E-state index contributed by atoms with van der Waals surface area (Å²) >= 11 is 0. The van der Waals surface area contributed by atoms with E-state index < -0.39 is 0 Å². The lowest BCUT2D eigenvalue weighted by atomic mass is 9.92. The molecule has 3 unspecified atom stereocenters. The molecule has 138 valence electrons. The van der Waals surface area contributed by atoms with Crippen molar-refractivity contribution >= 4 is 5.91 Å². The molecule has 23 heavy (non-hydrogen) atoms. The maximum atomic E-state index is 11.8. The molecule has 0 saturated heterocycles. The van der Waals surface area contributed by atoms with E-state index in [1.54, 1.807) is 0 Å². The Balaban J connectivity index is 3.85. The summed E-state index contributed by atoms with van der Waals surface area (Å²) in [5.74, 6) is 2.29. The molecule has 3 nitrogen and oxygen atoms in total. The summed E-state index contributed by atoms with van der Waals surface area (Å²) in [6.07, 6.45) is 5.12. The van der Waals surface area contributed by atoms with Gasteiger partial charge in [0.15, 0.2) is 0 Å². The molecule has 0 aliphatic rings. The highest BCUT2D eigenvalue weighted by molar-refractivity contribution is 5.77. The Morgan fingerprint density at radius 3 is 2.09 bits per heavy atom. The fraction of sp³-hybridized carbons (Fsp3) is 0.950. The lowest BCUT2D eigenvalue weighted by Gasteiger charge is -2.23. The fourth-order valence-corrected chi connectivity index (χ4v) is 2.66. The molecular formula is C20H41NO2. The summed E-state index contributed by atoms with van der Waals surface area (Å²) in [5, 5.41) is 0. The van der Waals surface area contributed by atoms with Crippen LogP contribution in [0.2, 0.25) is 0 Å². The van der Waals surface area contributed by atoms with Crippen LogP contribution in [0.1, 0.15) is 74.1 Å². The molecule has 0 aromatic heterocycles. The van der Waals surface area contributed by atoms with Crippen LogP contribution in [0, 0.1) is 23.7 Å². The minimum Gasteiger partial charge on any atom is -0.378 e. The third-order valence-electron chi connectivity index (χ3n) is 4.67. The monoisotopic (exact) mass is 327 g/mol. The smallest absolute Gasteiger partial charge is 0.224 e. The van der Waals surface area contributed by atoms with Crippen molar-refractivity contribution in [3.63, 3.8) is 0 Å². The molecule has 0 bridgehead atoms. The molecule has 0 N–H and O–H groups in total. The molecule has 0 spiro atoms. The van der Waals surface area contributed by atoms with Crippen LogP contribution in [0.3, 0.4) is 0 Å². The molecule has 0 aliphatic heterocycles. The Hall–Kier alpha value is -0.570. The fourth-order valence-electron chi connectivity index (χ4n) is 2.66. The van der Waals surface area contributed by atoms with E-state index in [4.69, 9.17) is 4.74 Å². The number of carbonyl (C=O) groups is 1.